The van der Waals surface area contributed by atoms with E-state index in [2.05, 4.69) is 60.7 Å². The molecule has 2 aromatic rings. The van der Waals surface area contributed by atoms with Gasteiger partial charge >= 0.3 is 0 Å². The van der Waals surface area contributed by atoms with Gasteiger partial charge in [-0.2, -0.15) is 0 Å². The van der Waals surface area contributed by atoms with Gasteiger partial charge < -0.3 is 0 Å². The van der Waals surface area contributed by atoms with Gasteiger partial charge in [-0.05, 0) is 54.5 Å². The third-order valence-corrected chi connectivity index (χ3v) is 3.77. The molecule has 1 heterocycles. The minimum absolute atomic E-state index is 0.0577. The van der Waals surface area contributed by atoms with E-state index in [0.29, 0.717) is 0 Å². The molecule has 0 aliphatic heterocycles. The quantitative estimate of drug-likeness (QED) is 0.579. The summed E-state index contributed by atoms with van der Waals surface area (Å²) in [7, 11) is 0. The fourth-order valence-electron chi connectivity index (χ4n) is 1.94. The minimum atomic E-state index is 0.0577. The maximum absolute atomic E-state index is 11.6. The first kappa shape index (κ1) is 13.3. The topological polar surface area (TPSA) is 22.0 Å². The zero-order chi connectivity index (χ0) is 13.3. The predicted molar refractivity (Wildman–Crippen MR) is 84.1 cm³/mol. The summed E-state index contributed by atoms with van der Waals surface area (Å²) >= 11 is 2.27. The van der Waals surface area contributed by atoms with E-state index in [4.69, 9.17) is 0 Å². The Hall–Kier alpha value is -1.10. The van der Waals surface area contributed by atoms with Gasteiger partial charge in [-0.1, -0.05) is 23.8 Å². The van der Waals surface area contributed by atoms with Crippen LogP contribution in [0.25, 0.3) is 10.9 Å². The van der Waals surface area contributed by atoms with Crippen LogP contribution in [-0.2, 0) is 6.42 Å². The molecule has 18 heavy (non-hydrogen) atoms. The Kier molecular flexibility index (Phi) is 3.90. The maximum atomic E-state index is 11.6. The van der Waals surface area contributed by atoms with Crippen molar-refractivity contribution in [3.63, 3.8) is 0 Å². The molecular weight excluding hydrogens is 337 g/mol. The highest BCUT2D eigenvalue weighted by atomic mass is 127. The molecule has 0 saturated carbocycles. The predicted octanol–water partition coefficient (Wildman–Crippen LogP) is 4.41. The number of carbonyl (C=O) groups is 1. The molecule has 3 heteroatoms. The molecule has 94 valence electrons. The minimum Gasteiger partial charge on any atom is -0.286 e. The van der Waals surface area contributed by atoms with Crippen LogP contribution in [-0.4, -0.2) is 10.5 Å². The summed E-state index contributed by atoms with van der Waals surface area (Å²) in [5, 5.41) is 1.15. The lowest BCUT2D eigenvalue weighted by Crippen LogP contribution is -2.03. The number of nitrogens with zero attached hydrogens (tertiary/aromatic N) is 1. The van der Waals surface area contributed by atoms with E-state index >= 15 is 0 Å². The van der Waals surface area contributed by atoms with Gasteiger partial charge in [0, 0.05) is 22.1 Å². The van der Waals surface area contributed by atoms with Crippen molar-refractivity contribution in [1.82, 2.24) is 4.57 Å². The van der Waals surface area contributed by atoms with Crippen LogP contribution in [0.5, 0.6) is 0 Å². The van der Waals surface area contributed by atoms with E-state index in [0.717, 1.165) is 20.9 Å². The van der Waals surface area contributed by atoms with E-state index in [1.165, 1.54) is 11.1 Å². The fraction of sp³-hybridized carbons (Fsp3) is 0.267. The molecule has 0 fully saturated rings. The van der Waals surface area contributed by atoms with Crippen molar-refractivity contribution in [3.8, 4) is 0 Å². The van der Waals surface area contributed by atoms with Crippen molar-refractivity contribution >= 4 is 39.4 Å². The lowest BCUT2D eigenvalue weighted by molar-refractivity contribution is 0.0941. The van der Waals surface area contributed by atoms with Gasteiger partial charge in [0.1, 0.15) is 0 Å². The summed E-state index contributed by atoms with van der Waals surface area (Å²) in [5.41, 5.74) is 3.55. The fourth-order valence-corrected chi connectivity index (χ4v) is 2.68. The van der Waals surface area contributed by atoms with Crippen molar-refractivity contribution in [3.05, 3.63) is 45.2 Å². The van der Waals surface area contributed by atoms with Gasteiger partial charge in [0.2, 0.25) is 5.91 Å². The highest BCUT2D eigenvalue weighted by Gasteiger charge is 2.09. The Labute approximate surface area is 121 Å². The SMILES string of the molecule is CC(=O)n1cc(I)c2ccc(CC=C(C)C)cc21. The van der Waals surface area contributed by atoms with E-state index in [9.17, 15) is 4.79 Å². The Bertz CT molecular complexity index is 633. The highest BCUT2D eigenvalue weighted by molar-refractivity contribution is 14.1. The summed E-state index contributed by atoms with van der Waals surface area (Å²) in [6.07, 6.45) is 5.02. The molecule has 2 rings (SSSR count). The van der Waals surface area contributed by atoms with Crippen LogP contribution in [0.1, 0.15) is 31.1 Å². The smallest absolute Gasteiger partial charge is 0.227 e. The maximum Gasteiger partial charge on any atom is 0.227 e. The summed E-state index contributed by atoms with van der Waals surface area (Å²) in [6.45, 7) is 5.79. The second-order valence-electron chi connectivity index (χ2n) is 4.70. The number of aromatic nitrogens is 1. The number of allylic oxidation sites excluding steroid dienone is 2. The van der Waals surface area contributed by atoms with Crippen molar-refractivity contribution in [2.24, 2.45) is 0 Å². The van der Waals surface area contributed by atoms with Crippen LogP contribution in [0, 0.1) is 3.57 Å². The molecule has 1 aromatic carbocycles. The Balaban J connectivity index is 2.52. The molecule has 0 atom stereocenters. The average molecular weight is 353 g/mol. The molecule has 0 unspecified atom stereocenters. The van der Waals surface area contributed by atoms with E-state index in [1.807, 2.05) is 6.20 Å². The second kappa shape index (κ2) is 5.26. The zero-order valence-corrected chi connectivity index (χ0v) is 13.0. The van der Waals surface area contributed by atoms with Crippen LogP contribution in [0.15, 0.2) is 36.0 Å². The second-order valence-corrected chi connectivity index (χ2v) is 5.87. The van der Waals surface area contributed by atoms with Gasteiger partial charge in [-0.15, -0.1) is 0 Å². The van der Waals surface area contributed by atoms with Crippen LogP contribution in [0.2, 0.25) is 0 Å². The molecule has 1 aromatic heterocycles. The third-order valence-electron chi connectivity index (χ3n) is 2.91. The number of carbonyl (C=O) groups excluding carboxylic acids is 1. The molecule has 0 aliphatic rings. The summed E-state index contributed by atoms with van der Waals surface area (Å²) < 4.78 is 2.84. The van der Waals surface area contributed by atoms with Crippen LogP contribution < -0.4 is 0 Å². The van der Waals surface area contributed by atoms with Crippen LogP contribution in [0.3, 0.4) is 0 Å². The van der Waals surface area contributed by atoms with Gasteiger partial charge in [0.05, 0.1) is 5.52 Å². The largest absolute Gasteiger partial charge is 0.286 e. The summed E-state index contributed by atoms with van der Waals surface area (Å²) in [5.74, 6) is 0.0577. The number of fused-ring (bicyclic) bond motifs is 1. The lowest BCUT2D eigenvalue weighted by Gasteiger charge is -2.02. The monoisotopic (exact) mass is 353 g/mol. The first-order chi connectivity index (χ1) is 8.49. The van der Waals surface area contributed by atoms with Crippen LogP contribution >= 0.6 is 22.6 Å². The standard InChI is InChI=1S/C15H16INO/c1-10(2)4-5-12-6-7-13-14(16)9-17(11(3)18)15(13)8-12/h4,6-9H,5H2,1-3H3. The zero-order valence-electron chi connectivity index (χ0n) is 10.8. The Morgan fingerprint density at radius 1 is 1.33 bits per heavy atom. The molecule has 0 amide bonds. The highest BCUT2D eigenvalue weighted by Crippen LogP contribution is 2.24. The first-order valence-corrected chi connectivity index (χ1v) is 7.00. The number of hydrogen-bond donors (Lipinski definition) is 0. The number of halogens is 1. The molecule has 0 saturated heterocycles. The molecule has 0 N–H and O–H groups in total. The molecule has 0 aliphatic carbocycles. The first-order valence-electron chi connectivity index (χ1n) is 5.93. The van der Waals surface area contributed by atoms with E-state index in [1.54, 1.807) is 11.5 Å². The Morgan fingerprint density at radius 3 is 2.67 bits per heavy atom. The summed E-state index contributed by atoms with van der Waals surface area (Å²) in [6, 6.07) is 6.34. The number of hydrogen-bond acceptors (Lipinski definition) is 1. The normalized spacial score (nSPS) is 10.7. The van der Waals surface area contributed by atoms with Crippen molar-refractivity contribution in [2.75, 3.05) is 0 Å². The van der Waals surface area contributed by atoms with Gasteiger partial charge in [0.25, 0.3) is 0 Å². The van der Waals surface area contributed by atoms with Gasteiger partial charge in [-0.3, -0.25) is 9.36 Å². The van der Waals surface area contributed by atoms with Gasteiger partial charge in [0.15, 0.2) is 0 Å². The number of rotatable bonds is 2. The molecular formula is C15H16INO. The van der Waals surface area contributed by atoms with Crippen LogP contribution in [0.4, 0.5) is 0 Å². The molecule has 0 radical (unpaired) electrons. The Morgan fingerprint density at radius 2 is 2.06 bits per heavy atom. The lowest BCUT2D eigenvalue weighted by atomic mass is 10.1. The van der Waals surface area contributed by atoms with Crippen molar-refractivity contribution < 1.29 is 4.79 Å². The third kappa shape index (κ3) is 2.66. The molecule has 0 spiro atoms. The average Bonchev–Trinajstić information content (AvgIpc) is 2.64. The molecule has 0 bridgehead atoms. The molecule has 2 nitrogen and oxygen atoms in total. The van der Waals surface area contributed by atoms with Crippen molar-refractivity contribution in [2.45, 2.75) is 27.2 Å². The van der Waals surface area contributed by atoms with E-state index < -0.39 is 0 Å². The van der Waals surface area contributed by atoms with Crippen molar-refractivity contribution in [1.29, 1.82) is 0 Å². The summed E-state index contributed by atoms with van der Waals surface area (Å²) in [4.78, 5) is 11.6. The number of benzene rings is 1. The van der Waals surface area contributed by atoms with Gasteiger partial charge in [-0.25, -0.2) is 0 Å². The van der Waals surface area contributed by atoms with E-state index in [-0.39, 0.29) is 5.91 Å².